The lowest BCUT2D eigenvalue weighted by molar-refractivity contribution is -0.128. The van der Waals surface area contributed by atoms with E-state index in [1.807, 2.05) is 0 Å². The van der Waals surface area contributed by atoms with E-state index in [9.17, 15) is 27.6 Å². The number of carbonyl (C=O) groups is 3. The number of nitrogens with one attached hydrogen (secondary N) is 3. The summed E-state index contributed by atoms with van der Waals surface area (Å²) in [6.07, 6.45) is 3.13. The van der Waals surface area contributed by atoms with Gasteiger partial charge in [0.05, 0.1) is 11.9 Å². The van der Waals surface area contributed by atoms with Crippen molar-refractivity contribution >= 4 is 17.8 Å². The van der Waals surface area contributed by atoms with Crippen LogP contribution in [-0.4, -0.2) is 38.5 Å². The lowest BCUT2D eigenvalue weighted by atomic mass is 9.75. The van der Waals surface area contributed by atoms with Crippen molar-refractivity contribution in [3.8, 4) is 5.69 Å². The summed E-state index contributed by atoms with van der Waals surface area (Å²) in [7, 11) is 0. The maximum Gasteiger partial charge on any atom is 0.323 e. The van der Waals surface area contributed by atoms with Gasteiger partial charge in [0.25, 0.3) is 11.8 Å². The summed E-state index contributed by atoms with van der Waals surface area (Å²) in [5.41, 5.74) is -2.10. The standard InChI is InChI=1S/C16H13F3N6O3/c17-9-4-8(5-10(18)12(9)19)25-20-6-11(24-25)13(26)22-16(7-2-1-3-7)14(27)21-15(28)23-16/h4-7H,1-3H2,(H,22,26)(H2,21,23,27,28). The van der Waals surface area contributed by atoms with Crippen molar-refractivity contribution in [3.05, 3.63) is 41.5 Å². The summed E-state index contributed by atoms with van der Waals surface area (Å²) in [4.78, 5) is 37.2. The van der Waals surface area contributed by atoms with Crippen molar-refractivity contribution in [3.63, 3.8) is 0 Å². The Morgan fingerprint density at radius 1 is 1.21 bits per heavy atom. The topological polar surface area (TPSA) is 118 Å². The highest BCUT2D eigenvalue weighted by atomic mass is 19.2. The van der Waals surface area contributed by atoms with Gasteiger partial charge in [0.2, 0.25) is 0 Å². The number of amides is 4. The van der Waals surface area contributed by atoms with Gasteiger partial charge in [-0.2, -0.15) is 9.90 Å². The Hall–Kier alpha value is -3.44. The van der Waals surface area contributed by atoms with Gasteiger partial charge in [-0.3, -0.25) is 14.9 Å². The summed E-state index contributed by atoms with van der Waals surface area (Å²) in [6.45, 7) is 0. The molecule has 0 bridgehead atoms. The molecule has 28 heavy (non-hydrogen) atoms. The molecule has 146 valence electrons. The van der Waals surface area contributed by atoms with Crippen LogP contribution in [0.25, 0.3) is 5.69 Å². The molecule has 2 aromatic rings. The van der Waals surface area contributed by atoms with Crippen LogP contribution in [0.5, 0.6) is 0 Å². The Labute approximate surface area is 155 Å². The molecular weight excluding hydrogens is 381 g/mol. The third-order valence-corrected chi connectivity index (χ3v) is 4.85. The first-order valence-corrected chi connectivity index (χ1v) is 8.33. The van der Waals surface area contributed by atoms with Crippen LogP contribution in [0.4, 0.5) is 18.0 Å². The first-order valence-electron chi connectivity index (χ1n) is 8.33. The van der Waals surface area contributed by atoms with Crippen LogP contribution in [0.2, 0.25) is 0 Å². The largest absolute Gasteiger partial charge is 0.323 e. The van der Waals surface area contributed by atoms with E-state index in [0.717, 1.165) is 17.4 Å². The number of imide groups is 1. The molecule has 3 N–H and O–H groups in total. The van der Waals surface area contributed by atoms with Crippen molar-refractivity contribution in [1.29, 1.82) is 0 Å². The second kappa shape index (κ2) is 6.32. The molecule has 12 heteroatoms. The molecule has 1 aromatic heterocycles. The molecule has 2 aliphatic rings. The monoisotopic (exact) mass is 394 g/mol. The SMILES string of the molecule is O=C1NC(=O)C(NC(=O)c2cnn(-c3cc(F)c(F)c(F)c3)n2)(C2CCC2)N1. The van der Waals surface area contributed by atoms with Crippen LogP contribution in [-0.2, 0) is 4.79 Å². The van der Waals surface area contributed by atoms with Gasteiger partial charge < -0.3 is 10.6 Å². The third-order valence-electron chi connectivity index (χ3n) is 4.85. The van der Waals surface area contributed by atoms with Crippen molar-refractivity contribution in [2.75, 3.05) is 0 Å². The number of aromatic nitrogens is 3. The van der Waals surface area contributed by atoms with Gasteiger partial charge in [0.1, 0.15) is 0 Å². The van der Waals surface area contributed by atoms with E-state index in [4.69, 9.17) is 0 Å². The Balaban J connectivity index is 1.59. The van der Waals surface area contributed by atoms with Crippen LogP contribution >= 0.6 is 0 Å². The Morgan fingerprint density at radius 2 is 1.89 bits per heavy atom. The van der Waals surface area contributed by atoms with Crippen LogP contribution < -0.4 is 16.0 Å². The fourth-order valence-electron chi connectivity index (χ4n) is 3.18. The van der Waals surface area contributed by atoms with Gasteiger partial charge in [-0.05, 0) is 12.8 Å². The van der Waals surface area contributed by atoms with E-state index >= 15 is 0 Å². The second-order valence-corrected chi connectivity index (χ2v) is 6.54. The number of nitrogens with zero attached hydrogens (tertiary/aromatic N) is 3. The number of carbonyl (C=O) groups excluding carboxylic acids is 3. The van der Waals surface area contributed by atoms with Gasteiger partial charge in [-0.25, -0.2) is 18.0 Å². The average Bonchev–Trinajstić information content (AvgIpc) is 3.16. The van der Waals surface area contributed by atoms with Gasteiger partial charge in [-0.15, -0.1) is 5.10 Å². The number of urea groups is 1. The molecule has 0 radical (unpaired) electrons. The first kappa shape index (κ1) is 17.9. The summed E-state index contributed by atoms with van der Waals surface area (Å²) >= 11 is 0. The smallest absolute Gasteiger partial charge is 0.320 e. The van der Waals surface area contributed by atoms with E-state index < -0.39 is 41.0 Å². The van der Waals surface area contributed by atoms with Gasteiger partial charge in [0, 0.05) is 18.1 Å². The number of benzene rings is 1. The second-order valence-electron chi connectivity index (χ2n) is 6.54. The molecule has 1 saturated carbocycles. The van der Waals surface area contributed by atoms with E-state index in [1.54, 1.807) is 0 Å². The van der Waals surface area contributed by atoms with Crippen LogP contribution in [0.15, 0.2) is 18.3 Å². The maximum atomic E-state index is 13.4. The molecule has 2 fully saturated rings. The molecule has 1 aliphatic heterocycles. The quantitative estimate of drug-likeness (QED) is 0.523. The van der Waals surface area contributed by atoms with Crippen molar-refractivity contribution in [1.82, 2.24) is 30.9 Å². The van der Waals surface area contributed by atoms with Crippen LogP contribution in [0.1, 0.15) is 29.8 Å². The average molecular weight is 394 g/mol. The number of hydrogen-bond acceptors (Lipinski definition) is 5. The minimum absolute atomic E-state index is 0.240. The number of halogens is 3. The summed E-state index contributed by atoms with van der Waals surface area (Å²) in [5.74, 6) is -6.29. The lowest BCUT2D eigenvalue weighted by Crippen LogP contribution is -2.66. The van der Waals surface area contributed by atoms with Crippen molar-refractivity contribution in [2.45, 2.75) is 24.9 Å². The van der Waals surface area contributed by atoms with E-state index in [2.05, 4.69) is 26.1 Å². The number of hydrogen-bond donors (Lipinski definition) is 3. The summed E-state index contributed by atoms with van der Waals surface area (Å²) in [6, 6.07) is 0.611. The lowest BCUT2D eigenvalue weighted by Gasteiger charge is -2.40. The molecule has 9 nitrogen and oxygen atoms in total. The number of rotatable bonds is 4. The molecule has 1 aliphatic carbocycles. The van der Waals surface area contributed by atoms with Gasteiger partial charge in [0.15, 0.2) is 28.8 Å². The molecule has 4 amide bonds. The minimum atomic E-state index is -1.64. The van der Waals surface area contributed by atoms with Crippen molar-refractivity contribution < 1.29 is 27.6 Å². The molecule has 4 rings (SSSR count). The Kier molecular flexibility index (Phi) is 4.05. The Bertz CT molecular complexity index is 982. The zero-order valence-electron chi connectivity index (χ0n) is 14.1. The molecule has 1 unspecified atom stereocenters. The van der Waals surface area contributed by atoms with Gasteiger partial charge in [-0.1, -0.05) is 6.42 Å². The molecular formula is C16H13F3N6O3. The van der Waals surface area contributed by atoms with E-state index in [0.29, 0.717) is 25.0 Å². The van der Waals surface area contributed by atoms with Crippen LogP contribution in [0, 0.1) is 23.4 Å². The van der Waals surface area contributed by atoms with Crippen molar-refractivity contribution in [2.24, 2.45) is 5.92 Å². The van der Waals surface area contributed by atoms with Crippen LogP contribution in [0.3, 0.4) is 0 Å². The van der Waals surface area contributed by atoms with Gasteiger partial charge >= 0.3 is 6.03 Å². The maximum absolute atomic E-state index is 13.4. The molecule has 1 atom stereocenters. The zero-order chi connectivity index (χ0) is 20.1. The fraction of sp³-hybridized carbons (Fsp3) is 0.312. The highest BCUT2D eigenvalue weighted by Gasteiger charge is 2.55. The zero-order valence-corrected chi connectivity index (χ0v) is 14.1. The molecule has 0 spiro atoms. The predicted molar refractivity (Wildman–Crippen MR) is 85.4 cm³/mol. The fourth-order valence-corrected chi connectivity index (χ4v) is 3.18. The third kappa shape index (κ3) is 2.77. The molecule has 2 heterocycles. The normalized spacial score (nSPS) is 21.8. The highest BCUT2D eigenvalue weighted by molar-refractivity contribution is 6.09. The summed E-state index contributed by atoms with van der Waals surface area (Å²) < 4.78 is 39.8. The van der Waals surface area contributed by atoms with E-state index in [1.165, 1.54) is 0 Å². The highest BCUT2D eigenvalue weighted by Crippen LogP contribution is 2.36. The first-order chi connectivity index (χ1) is 13.3. The Morgan fingerprint density at radius 3 is 2.43 bits per heavy atom. The van der Waals surface area contributed by atoms with E-state index in [-0.39, 0.29) is 17.3 Å². The minimum Gasteiger partial charge on any atom is -0.320 e. The molecule has 1 saturated heterocycles. The summed E-state index contributed by atoms with van der Waals surface area (Å²) in [5, 5.41) is 14.6. The molecule has 1 aromatic carbocycles. The predicted octanol–water partition coefficient (Wildman–Crippen LogP) is 0.750.